The number of ether oxygens (including phenoxy) is 1. The van der Waals surface area contributed by atoms with E-state index in [4.69, 9.17) is 15.6 Å². The van der Waals surface area contributed by atoms with Crippen LogP contribution in [-0.4, -0.2) is 24.3 Å². The summed E-state index contributed by atoms with van der Waals surface area (Å²) in [7, 11) is 0. The molecule has 90 valence electrons. The summed E-state index contributed by atoms with van der Waals surface area (Å²) in [4.78, 5) is 11.4. The molecule has 0 saturated heterocycles. The number of benzene rings is 1. The van der Waals surface area contributed by atoms with Gasteiger partial charge in [-0.05, 0) is 24.6 Å². The van der Waals surface area contributed by atoms with E-state index in [1.165, 1.54) is 0 Å². The number of carbonyl (C=O) groups excluding carboxylic acids is 1. The lowest BCUT2D eigenvalue weighted by atomic mass is 10.1. The second kappa shape index (κ2) is 7.22. The number of carbonyl (C=O) groups is 1. The smallest absolute Gasteiger partial charge is 0.338 e. The quantitative estimate of drug-likeness (QED) is 0.784. The molecule has 0 fully saturated rings. The van der Waals surface area contributed by atoms with E-state index in [0.717, 1.165) is 5.56 Å². The first kappa shape index (κ1) is 14.9. The molecule has 0 aromatic heterocycles. The minimum Gasteiger partial charge on any atom is -0.462 e. The van der Waals surface area contributed by atoms with Gasteiger partial charge in [0.25, 0.3) is 0 Å². The molecule has 0 radical (unpaired) electrons. The van der Waals surface area contributed by atoms with Gasteiger partial charge in [-0.15, -0.1) is 12.4 Å². The fourth-order valence-electron chi connectivity index (χ4n) is 1.22. The maximum Gasteiger partial charge on any atom is 0.338 e. The Bertz CT molecular complexity index is 344. The number of hydrogen-bond acceptors (Lipinski definition) is 4. The minimum atomic E-state index is -0.459. The Balaban J connectivity index is 0.00000225. The first-order valence-electron chi connectivity index (χ1n) is 4.82. The van der Waals surface area contributed by atoms with Crippen molar-refractivity contribution in [2.45, 2.75) is 13.0 Å². The van der Waals surface area contributed by atoms with Crippen LogP contribution in [0.5, 0.6) is 0 Å². The van der Waals surface area contributed by atoms with Crippen LogP contribution in [-0.2, 0) is 4.74 Å². The van der Waals surface area contributed by atoms with Gasteiger partial charge in [0, 0.05) is 0 Å². The zero-order valence-corrected chi connectivity index (χ0v) is 9.87. The fraction of sp³-hybridized carbons (Fsp3) is 0.364. The molecule has 5 heteroatoms. The van der Waals surface area contributed by atoms with Crippen LogP contribution in [0.3, 0.4) is 0 Å². The fourth-order valence-corrected chi connectivity index (χ4v) is 1.22. The second-order valence-corrected chi connectivity index (χ2v) is 3.14. The van der Waals surface area contributed by atoms with Crippen molar-refractivity contribution in [3.63, 3.8) is 0 Å². The minimum absolute atomic E-state index is 0. The lowest BCUT2D eigenvalue weighted by Gasteiger charge is -2.09. The molecule has 4 nitrogen and oxygen atoms in total. The predicted molar refractivity (Wildman–Crippen MR) is 63.7 cm³/mol. The number of esters is 1. The van der Waals surface area contributed by atoms with E-state index < -0.39 is 6.04 Å². The number of halogens is 1. The van der Waals surface area contributed by atoms with Crippen LogP contribution in [0.1, 0.15) is 28.9 Å². The van der Waals surface area contributed by atoms with Crippen molar-refractivity contribution in [3.8, 4) is 0 Å². The Morgan fingerprint density at radius 3 is 2.81 bits per heavy atom. The topological polar surface area (TPSA) is 72.5 Å². The van der Waals surface area contributed by atoms with Gasteiger partial charge < -0.3 is 15.6 Å². The predicted octanol–water partition coefficient (Wildman–Crippen LogP) is 1.28. The molecule has 0 heterocycles. The van der Waals surface area contributed by atoms with Crippen LogP contribution < -0.4 is 5.73 Å². The van der Waals surface area contributed by atoms with E-state index in [2.05, 4.69) is 0 Å². The van der Waals surface area contributed by atoms with E-state index in [1.807, 2.05) is 0 Å². The molecule has 1 rings (SSSR count). The first-order valence-corrected chi connectivity index (χ1v) is 4.82. The normalized spacial score (nSPS) is 11.4. The first-order chi connectivity index (χ1) is 7.19. The van der Waals surface area contributed by atoms with Gasteiger partial charge in [0.05, 0.1) is 24.8 Å². The number of nitrogens with two attached hydrogens (primary N) is 1. The summed E-state index contributed by atoms with van der Waals surface area (Å²) in [5, 5.41) is 8.88. The van der Waals surface area contributed by atoms with Crippen LogP contribution >= 0.6 is 12.4 Å². The molecular formula is C11H16ClNO3. The van der Waals surface area contributed by atoms with E-state index in [0.29, 0.717) is 12.2 Å². The molecule has 1 atom stereocenters. The molecule has 3 N–H and O–H groups in total. The number of hydrogen-bond donors (Lipinski definition) is 2. The number of rotatable bonds is 4. The summed E-state index contributed by atoms with van der Waals surface area (Å²) < 4.78 is 4.85. The summed E-state index contributed by atoms with van der Waals surface area (Å²) in [6, 6.07) is 6.32. The van der Waals surface area contributed by atoms with E-state index in [-0.39, 0.29) is 25.0 Å². The Kier molecular flexibility index (Phi) is 6.72. The molecule has 0 aliphatic rings. The highest BCUT2D eigenvalue weighted by Gasteiger charge is 2.09. The van der Waals surface area contributed by atoms with Crippen LogP contribution in [0.4, 0.5) is 0 Å². The van der Waals surface area contributed by atoms with Crippen LogP contribution in [0.2, 0.25) is 0 Å². The van der Waals surface area contributed by atoms with Gasteiger partial charge in [0.15, 0.2) is 0 Å². The third-order valence-corrected chi connectivity index (χ3v) is 2.02. The highest BCUT2D eigenvalue weighted by molar-refractivity contribution is 5.89. The Morgan fingerprint density at radius 2 is 2.25 bits per heavy atom. The molecular weight excluding hydrogens is 230 g/mol. The summed E-state index contributed by atoms with van der Waals surface area (Å²) in [6.45, 7) is 1.95. The molecule has 1 aromatic carbocycles. The van der Waals surface area contributed by atoms with Crippen molar-refractivity contribution in [1.29, 1.82) is 0 Å². The van der Waals surface area contributed by atoms with E-state index in [9.17, 15) is 4.79 Å². The van der Waals surface area contributed by atoms with Crippen LogP contribution in [0.15, 0.2) is 24.3 Å². The average molecular weight is 246 g/mol. The van der Waals surface area contributed by atoms with Gasteiger partial charge in [0.1, 0.15) is 0 Å². The molecule has 0 saturated carbocycles. The second-order valence-electron chi connectivity index (χ2n) is 3.14. The van der Waals surface area contributed by atoms with Crippen LogP contribution in [0, 0.1) is 0 Å². The monoisotopic (exact) mass is 245 g/mol. The van der Waals surface area contributed by atoms with Gasteiger partial charge >= 0.3 is 5.97 Å². The van der Waals surface area contributed by atoms with Gasteiger partial charge in [-0.2, -0.15) is 0 Å². The molecule has 0 spiro atoms. The molecule has 0 bridgehead atoms. The molecule has 0 unspecified atom stereocenters. The largest absolute Gasteiger partial charge is 0.462 e. The van der Waals surface area contributed by atoms with Gasteiger partial charge in [-0.3, -0.25) is 0 Å². The maximum atomic E-state index is 11.4. The van der Waals surface area contributed by atoms with Crippen molar-refractivity contribution in [1.82, 2.24) is 0 Å². The lowest BCUT2D eigenvalue weighted by molar-refractivity contribution is 0.0526. The third-order valence-electron chi connectivity index (χ3n) is 2.02. The Labute approximate surface area is 101 Å². The summed E-state index contributed by atoms with van der Waals surface area (Å²) in [5.41, 5.74) is 6.82. The summed E-state index contributed by atoms with van der Waals surface area (Å²) in [5.74, 6) is -0.371. The van der Waals surface area contributed by atoms with Gasteiger partial charge in [-0.1, -0.05) is 12.1 Å². The van der Waals surface area contributed by atoms with E-state index >= 15 is 0 Å². The number of aliphatic hydroxyl groups excluding tert-OH is 1. The highest BCUT2D eigenvalue weighted by Crippen LogP contribution is 2.12. The zero-order valence-electron chi connectivity index (χ0n) is 9.05. The van der Waals surface area contributed by atoms with Crippen molar-refractivity contribution in [2.24, 2.45) is 5.73 Å². The Morgan fingerprint density at radius 1 is 1.56 bits per heavy atom. The van der Waals surface area contributed by atoms with Crippen molar-refractivity contribution >= 4 is 18.4 Å². The van der Waals surface area contributed by atoms with Crippen molar-refractivity contribution in [2.75, 3.05) is 13.2 Å². The average Bonchev–Trinajstić information content (AvgIpc) is 2.28. The van der Waals surface area contributed by atoms with Crippen LogP contribution in [0.25, 0.3) is 0 Å². The summed E-state index contributed by atoms with van der Waals surface area (Å²) >= 11 is 0. The summed E-state index contributed by atoms with van der Waals surface area (Å²) in [6.07, 6.45) is 0. The van der Waals surface area contributed by atoms with Crippen molar-refractivity contribution < 1.29 is 14.6 Å². The standard InChI is InChI=1S/C11H15NO3.ClH/c1-2-15-11(14)9-5-3-4-8(6-9)10(12)7-13;/h3-6,10,13H,2,7,12H2,1H3;1H/t10-;/m0./s1. The van der Waals surface area contributed by atoms with E-state index in [1.54, 1.807) is 31.2 Å². The Hall–Kier alpha value is -1.10. The molecule has 0 amide bonds. The highest BCUT2D eigenvalue weighted by atomic mass is 35.5. The SMILES string of the molecule is CCOC(=O)c1cccc([C@@H](N)CO)c1.Cl. The molecule has 1 aromatic rings. The number of aliphatic hydroxyl groups is 1. The van der Waals surface area contributed by atoms with Gasteiger partial charge in [-0.25, -0.2) is 4.79 Å². The molecule has 0 aliphatic heterocycles. The maximum absolute atomic E-state index is 11.4. The lowest BCUT2D eigenvalue weighted by Crippen LogP contribution is -2.15. The van der Waals surface area contributed by atoms with Gasteiger partial charge in [0.2, 0.25) is 0 Å². The van der Waals surface area contributed by atoms with Crippen molar-refractivity contribution in [3.05, 3.63) is 35.4 Å². The molecule has 16 heavy (non-hydrogen) atoms. The zero-order chi connectivity index (χ0) is 11.3. The molecule has 0 aliphatic carbocycles. The third kappa shape index (κ3) is 3.81.